The monoisotopic (exact) mass is 459 g/mol. The topological polar surface area (TPSA) is 35.9 Å². The van der Waals surface area contributed by atoms with Gasteiger partial charge in [0.15, 0.2) is 0 Å². The van der Waals surface area contributed by atoms with E-state index in [9.17, 15) is 4.79 Å². The predicted octanol–water partition coefficient (Wildman–Crippen LogP) is 5.66. The number of anilines is 2. The highest BCUT2D eigenvalue weighted by Crippen LogP contribution is 2.29. The van der Waals surface area contributed by atoms with E-state index in [-0.39, 0.29) is 5.91 Å². The van der Waals surface area contributed by atoms with Crippen molar-refractivity contribution in [2.75, 3.05) is 23.9 Å². The number of aliphatic imine (C=N–C) groups is 1. The number of hydrogen-bond donors (Lipinski definition) is 0. The number of amides is 1. The van der Waals surface area contributed by atoms with Gasteiger partial charge in [-0.25, -0.2) is 4.99 Å². The molecule has 1 aliphatic heterocycles. The van der Waals surface area contributed by atoms with Crippen molar-refractivity contribution in [3.63, 3.8) is 0 Å². The molecule has 0 aliphatic carbocycles. The van der Waals surface area contributed by atoms with E-state index >= 15 is 0 Å². The number of rotatable bonds is 4. The first-order valence-corrected chi connectivity index (χ1v) is 10.5. The summed E-state index contributed by atoms with van der Waals surface area (Å²) < 4.78 is 0.962. The first-order valence-electron chi connectivity index (χ1n) is 9.67. The molecule has 0 N–H and O–H groups in total. The van der Waals surface area contributed by atoms with Gasteiger partial charge < -0.3 is 4.90 Å². The molecule has 0 spiro atoms. The molecule has 0 fully saturated rings. The van der Waals surface area contributed by atoms with Crippen molar-refractivity contribution in [2.45, 2.75) is 6.92 Å². The average Bonchev–Trinajstić information content (AvgIpc) is 3.05. The maximum absolute atomic E-state index is 13.4. The Balaban J connectivity index is 1.78. The third-order valence-corrected chi connectivity index (χ3v) is 5.46. The van der Waals surface area contributed by atoms with Gasteiger partial charge in [-0.05, 0) is 61.0 Å². The van der Waals surface area contributed by atoms with E-state index in [1.807, 2.05) is 105 Å². The van der Waals surface area contributed by atoms with Gasteiger partial charge in [0.1, 0.15) is 11.5 Å². The fraction of sp³-hybridized carbons (Fsp3) is 0.120. The minimum Gasteiger partial charge on any atom is -0.378 e. The predicted molar refractivity (Wildman–Crippen MR) is 128 cm³/mol. The molecular weight excluding hydrogens is 438 g/mol. The molecule has 1 heterocycles. The zero-order valence-electron chi connectivity index (χ0n) is 17.1. The van der Waals surface area contributed by atoms with Crippen LogP contribution in [0.4, 0.5) is 11.4 Å². The number of nitrogens with zero attached hydrogens (tertiary/aromatic N) is 3. The van der Waals surface area contributed by atoms with Crippen LogP contribution in [0.2, 0.25) is 0 Å². The Morgan fingerprint density at radius 2 is 1.67 bits per heavy atom. The first kappa shape index (κ1) is 20.1. The summed E-state index contributed by atoms with van der Waals surface area (Å²) in [6, 6.07) is 23.8. The van der Waals surface area contributed by atoms with Gasteiger partial charge in [-0.3, -0.25) is 9.69 Å². The number of hydrogen-bond acceptors (Lipinski definition) is 3. The zero-order chi connectivity index (χ0) is 21.3. The number of carbonyl (C=O) groups is 1. The van der Waals surface area contributed by atoms with Gasteiger partial charge in [0.25, 0.3) is 5.91 Å². The number of amidine groups is 1. The molecule has 0 saturated heterocycles. The Morgan fingerprint density at radius 1 is 0.967 bits per heavy atom. The van der Waals surface area contributed by atoms with Crippen LogP contribution in [0.25, 0.3) is 6.08 Å². The van der Waals surface area contributed by atoms with Gasteiger partial charge in [-0.1, -0.05) is 51.8 Å². The van der Waals surface area contributed by atoms with Gasteiger partial charge in [0.05, 0.1) is 5.69 Å². The summed E-state index contributed by atoms with van der Waals surface area (Å²) in [5.41, 5.74) is 5.29. The van der Waals surface area contributed by atoms with Crippen molar-refractivity contribution in [3.8, 4) is 0 Å². The van der Waals surface area contributed by atoms with E-state index in [0.717, 1.165) is 32.5 Å². The molecule has 1 aliphatic rings. The zero-order valence-corrected chi connectivity index (χ0v) is 18.7. The molecule has 5 heteroatoms. The molecule has 1 amide bonds. The Labute approximate surface area is 185 Å². The molecule has 0 bridgehead atoms. The van der Waals surface area contributed by atoms with Crippen molar-refractivity contribution in [3.05, 3.63) is 99.7 Å². The summed E-state index contributed by atoms with van der Waals surface area (Å²) in [6.07, 6.45) is 1.84. The highest BCUT2D eigenvalue weighted by atomic mass is 79.9. The van der Waals surface area contributed by atoms with E-state index in [1.54, 1.807) is 4.90 Å². The summed E-state index contributed by atoms with van der Waals surface area (Å²) in [7, 11) is 4.00. The van der Waals surface area contributed by atoms with Gasteiger partial charge in [0, 0.05) is 29.8 Å². The van der Waals surface area contributed by atoms with Crippen LogP contribution < -0.4 is 9.80 Å². The smallest absolute Gasteiger partial charge is 0.282 e. The fourth-order valence-corrected chi connectivity index (χ4v) is 3.62. The van der Waals surface area contributed by atoms with Gasteiger partial charge in [-0.15, -0.1) is 0 Å². The van der Waals surface area contributed by atoms with E-state index < -0.39 is 0 Å². The molecule has 3 aromatic carbocycles. The molecule has 4 rings (SSSR count). The molecule has 0 radical (unpaired) electrons. The second-order valence-corrected chi connectivity index (χ2v) is 8.35. The highest BCUT2D eigenvalue weighted by Gasteiger charge is 2.32. The SMILES string of the molecule is Cc1cccc(C2=N/C(=C\c3ccc(N(C)C)cc3)C(=O)N2c2ccc(Br)cc2)c1. The van der Waals surface area contributed by atoms with E-state index in [1.165, 1.54) is 0 Å². The number of aryl methyl sites for hydroxylation is 1. The van der Waals surface area contributed by atoms with Crippen LogP contribution in [0, 0.1) is 6.92 Å². The summed E-state index contributed by atoms with van der Waals surface area (Å²) in [4.78, 5) is 21.8. The standard InChI is InChI=1S/C25H22BrN3O/c1-17-5-4-6-19(15-17)24-27-23(16-18-7-11-21(12-8-18)28(2)3)25(30)29(24)22-13-9-20(26)10-14-22/h4-16H,1-3H3/b23-16-. The second-order valence-electron chi connectivity index (χ2n) is 7.44. The molecule has 150 valence electrons. The van der Waals surface area contributed by atoms with Crippen molar-refractivity contribution in [2.24, 2.45) is 4.99 Å². The number of halogens is 1. The van der Waals surface area contributed by atoms with Crippen LogP contribution in [0.1, 0.15) is 16.7 Å². The minimum absolute atomic E-state index is 0.134. The lowest BCUT2D eigenvalue weighted by atomic mass is 10.1. The van der Waals surface area contributed by atoms with Crippen LogP contribution in [-0.4, -0.2) is 25.8 Å². The quantitative estimate of drug-likeness (QED) is 0.472. The van der Waals surface area contributed by atoms with Gasteiger partial charge in [0.2, 0.25) is 0 Å². The first-order chi connectivity index (χ1) is 14.4. The maximum Gasteiger partial charge on any atom is 0.282 e. The fourth-order valence-electron chi connectivity index (χ4n) is 3.35. The number of benzene rings is 3. The van der Waals surface area contributed by atoms with Gasteiger partial charge in [-0.2, -0.15) is 0 Å². The molecule has 0 aromatic heterocycles. The molecule has 30 heavy (non-hydrogen) atoms. The Morgan fingerprint density at radius 3 is 2.30 bits per heavy atom. The summed E-state index contributed by atoms with van der Waals surface area (Å²) >= 11 is 3.46. The maximum atomic E-state index is 13.4. The van der Waals surface area contributed by atoms with E-state index in [2.05, 4.69) is 15.9 Å². The summed E-state index contributed by atoms with van der Waals surface area (Å²) in [5.74, 6) is 0.507. The highest BCUT2D eigenvalue weighted by molar-refractivity contribution is 9.10. The molecule has 0 atom stereocenters. The molecule has 0 saturated carbocycles. The van der Waals surface area contributed by atoms with Crippen molar-refractivity contribution < 1.29 is 4.79 Å². The third-order valence-electron chi connectivity index (χ3n) is 4.93. The van der Waals surface area contributed by atoms with Gasteiger partial charge >= 0.3 is 0 Å². The van der Waals surface area contributed by atoms with Crippen LogP contribution in [0.5, 0.6) is 0 Å². The average molecular weight is 460 g/mol. The number of carbonyl (C=O) groups excluding carboxylic acids is 1. The normalized spacial score (nSPS) is 14.9. The lowest BCUT2D eigenvalue weighted by Gasteiger charge is -2.19. The Kier molecular flexibility index (Phi) is 5.55. The molecule has 3 aromatic rings. The summed E-state index contributed by atoms with van der Waals surface area (Å²) in [6.45, 7) is 2.04. The largest absolute Gasteiger partial charge is 0.378 e. The van der Waals surface area contributed by atoms with Crippen molar-refractivity contribution in [1.29, 1.82) is 0 Å². The lowest BCUT2D eigenvalue weighted by molar-refractivity contribution is -0.113. The van der Waals surface area contributed by atoms with Crippen LogP contribution in [0.15, 0.2) is 88.0 Å². The van der Waals surface area contributed by atoms with E-state index in [0.29, 0.717) is 11.5 Å². The van der Waals surface area contributed by atoms with E-state index in [4.69, 9.17) is 4.99 Å². The second kappa shape index (κ2) is 8.28. The van der Waals surface area contributed by atoms with Crippen molar-refractivity contribution in [1.82, 2.24) is 0 Å². The van der Waals surface area contributed by atoms with Crippen molar-refractivity contribution >= 4 is 45.1 Å². The molecular formula is C25H22BrN3O. The van der Waals surface area contributed by atoms with Crippen LogP contribution in [-0.2, 0) is 4.79 Å². The van der Waals surface area contributed by atoms with Crippen LogP contribution >= 0.6 is 15.9 Å². The molecule has 4 nitrogen and oxygen atoms in total. The molecule has 0 unspecified atom stereocenters. The van der Waals surface area contributed by atoms with Crippen LogP contribution in [0.3, 0.4) is 0 Å². The summed E-state index contributed by atoms with van der Waals surface area (Å²) in [5, 5.41) is 0. The Hall–Kier alpha value is -3.18. The third kappa shape index (κ3) is 4.07. The lowest BCUT2D eigenvalue weighted by Crippen LogP contribution is -2.32. The Bertz CT molecular complexity index is 1150. The minimum atomic E-state index is -0.134.